The molecule has 2 aliphatic rings. The van der Waals surface area contributed by atoms with Crippen molar-refractivity contribution in [3.63, 3.8) is 0 Å². The summed E-state index contributed by atoms with van der Waals surface area (Å²) in [6.07, 6.45) is 10.1. The van der Waals surface area contributed by atoms with Crippen LogP contribution < -0.4 is 5.32 Å². The average Bonchev–Trinajstić information content (AvgIpc) is 3.35. The first-order valence-corrected chi connectivity index (χ1v) is 11.8. The van der Waals surface area contributed by atoms with Crippen LogP contribution in [-0.2, 0) is 4.74 Å². The number of pyridine rings is 1. The molecule has 0 unspecified atom stereocenters. The lowest BCUT2D eigenvalue weighted by Crippen LogP contribution is -2.47. The summed E-state index contributed by atoms with van der Waals surface area (Å²) in [7, 11) is 4.27. The second kappa shape index (κ2) is 8.07. The third-order valence-corrected chi connectivity index (χ3v) is 7.18. The molecular formula is C24H30N8O. The lowest BCUT2D eigenvalue weighted by Gasteiger charge is -2.39. The van der Waals surface area contributed by atoms with E-state index < -0.39 is 0 Å². The fourth-order valence-electron chi connectivity index (χ4n) is 5.16. The van der Waals surface area contributed by atoms with Gasteiger partial charge in [0.1, 0.15) is 5.82 Å². The van der Waals surface area contributed by atoms with Gasteiger partial charge in [-0.2, -0.15) is 0 Å². The van der Waals surface area contributed by atoms with Crippen molar-refractivity contribution in [1.82, 2.24) is 34.0 Å². The zero-order chi connectivity index (χ0) is 22.5. The highest BCUT2D eigenvalue weighted by molar-refractivity contribution is 5.85. The molecule has 4 aromatic rings. The molecule has 0 atom stereocenters. The predicted octanol–water partition coefficient (Wildman–Crippen LogP) is 3.31. The van der Waals surface area contributed by atoms with E-state index in [1.165, 1.54) is 0 Å². The second-order valence-electron chi connectivity index (χ2n) is 9.51. The summed E-state index contributed by atoms with van der Waals surface area (Å²) in [4.78, 5) is 16.3. The Labute approximate surface area is 192 Å². The molecule has 0 amide bonds. The fourth-order valence-corrected chi connectivity index (χ4v) is 5.16. The molecule has 1 aliphatic heterocycles. The van der Waals surface area contributed by atoms with Crippen LogP contribution >= 0.6 is 0 Å². The standard InChI is InChI=1S/C24H30N8O/c1-15-27-23-21(32(15)18-5-8-33-9-6-18)10-16(13-25-23)20-4-7-31-22(20)14-26-24(29-31)28-17-11-19(12-17)30(2)3/h4,7,10,13-14,17-19H,5-6,8-9,11-12H2,1-3H3,(H,28,29)/t17-,19+. The van der Waals surface area contributed by atoms with Gasteiger partial charge in [-0.3, -0.25) is 0 Å². The smallest absolute Gasteiger partial charge is 0.241 e. The highest BCUT2D eigenvalue weighted by Crippen LogP contribution is 2.32. The first-order valence-electron chi connectivity index (χ1n) is 11.8. The largest absolute Gasteiger partial charge is 0.381 e. The van der Waals surface area contributed by atoms with Crippen molar-refractivity contribution in [2.45, 2.75) is 50.7 Å². The molecule has 172 valence electrons. The highest BCUT2D eigenvalue weighted by atomic mass is 16.5. The molecule has 2 fully saturated rings. The number of rotatable bonds is 5. The van der Waals surface area contributed by atoms with Gasteiger partial charge in [-0.15, -0.1) is 5.10 Å². The third kappa shape index (κ3) is 3.65. The van der Waals surface area contributed by atoms with Gasteiger partial charge in [0.25, 0.3) is 0 Å². The minimum atomic E-state index is 0.405. The van der Waals surface area contributed by atoms with Crippen LogP contribution in [0.1, 0.15) is 37.5 Å². The van der Waals surface area contributed by atoms with Crippen molar-refractivity contribution in [2.75, 3.05) is 32.6 Å². The van der Waals surface area contributed by atoms with E-state index in [0.29, 0.717) is 24.1 Å². The van der Waals surface area contributed by atoms with Crippen molar-refractivity contribution < 1.29 is 4.74 Å². The number of hydrogen-bond acceptors (Lipinski definition) is 7. The van der Waals surface area contributed by atoms with Gasteiger partial charge in [0.05, 0.1) is 17.2 Å². The monoisotopic (exact) mass is 446 g/mol. The van der Waals surface area contributed by atoms with Gasteiger partial charge >= 0.3 is 0 Å². The number of fused-ring (bicyclic) bond motifs is 2. The Hall–Kier alpha value is -3.04. The number of ether oxygens (including phenoxy) is 1. The van der Waals surface area contributed by atoms with Gasteiger partial charge in [-0.05, 0) is 58.8 Å². The van der Waals surface area contributed by atoms with Gasteiger partial charge in [0, 0.05) is 54.9 Å². The summed E-state index contributed by atoms with van der Waals surface area (Å²) >= 11 is 0. The third-order valence-electron chi connectivity index (χ3n) is 7.18. The molecule has 1 saturated carbocycles. The Morgan fingerprint density at radius 2 is 1.91 bits per heavy atom. The molecular weight excluding hydrogens is 416 g/mol. The van der Waals surface area contributed by atoms with E-state index in [4.69, 9.17) is 14.8 Å². The van der Waals surface area contributed by atoms with Gasteiger partial charge in [-0.1, -0.05) is 0 Å². The number of aromatic nitrogens is 6. The number of anilines is 1. The van der Waals surface area contributed by atoms with Crippen molar-refractivity contribution in [3.05, 3.63) is 36.5 Å². The minimum Gasteiger partial charge on any atom is -0.381 e. The zero-order valence-electron chi connectivity index (χ0n) is 19.4. The van der Waals surface area contributed by atoms with Crippen molar-refractivity contribution in [2.24, 2.45) is 0 Å². The van der Waals surface area contributed by atoms with Crippen LogP contribution in [0.4, 0.5) is 5.95 Å². The topological polar surface area (TPSA) is 85.4 Å². The molecule has 0 spiro atoms. The number of imidazole rings is 1. The molecule has 0 bridgehead atoms. The van der Waals surface area contributed by atoms with Crippen molar-refractivity contribution >= 4 is 22.6 Å². The minimum absolute atomic E-state index is 0.405. The first-order chi connectivity index (χ1) is 16.1. The van der Waals surface area contributed by atoms with Gasteiger partial charge in [0.15, 0.2) is 5.65 Å². The molecule has 1 saturated heterocycles. The molecule has 4 aromatic heterocycles. The van der Waals surface area contributed by atoms with Crippen molar-refractivity contribution in [3.8, 4) is 11.1 Å². The molecule has 1 N–H and O–H groups in total. The lowest BCUT2D eigenvalue weighted by atomic mass is 9.86. The highest BCUT2D eigenvalue weighted by Gasteiger charge is 2.31. The zero-order valence-corrected chi connectivity index (χ0v) is 19.4. The average molecular weight is 447 g/mol. The summed E-state index contributed by atoms with van der Waals surface area (Å²) in [6.45, 7) is 3.66. The van der Waals surface area contributed by atoms with Crippen LogP contribution in [0, 0.1) is 6.92 Å². The normalized spacial score (nSPS) is 21.7. The number of hydrogen-bond donors (Lipinski definition) is 1. The molecule has 33 heavy (non-hydrogen) atoms. The van der Waals surface area contributed by atoms with E-state index in [9.17, 15) is 0 Å². The van der Waals surface area contributed by atoms with E-state index in [2.05, 4.69) is 57.9 Å². The number of nitrogens with zero attached hydrogens (tertiary/aromatic N) is 7. The summed E-state index contributed by atoms with van der Waals surface area (Å²) in [5.41, 5.74) is 4.97. The van der Waals surface area contributed by atoms with Crippen LogP contribution in [0.15, 0.2) is 30.7 Å². The molecule has 5 heterocycles. The Balaban J connectivity index is 1.30. The maximum absolute atomic E-state index is 5.57. The molecule has 0 aromatic carbocycles. The number of aryl methyl sites for hydroxylation is 1. The summed E-state index contributed by atoms with van der Waals surface area (Å²) in [5.74, 6) is 1.68. The molecule has 9 nitrogen and oxygen atoms in total. The van der Waals surface area contributed by atoms with E-state index in [-0.39, 0.29) is 0 Å². The van der Waals surface area contributed by atoms with Crippen LogP contribution in [-0.4, -0.2) is 73.4 Å². The van der Waals surface area contributed by atoms with Crippen LogP contribution in [0.2, 0.25) is 0 Å². The van der Waals surface area contributed by atoms with Gasteiger partial charge < -0.3 is 19.5 Å². The maximum atomic E-state index is 5.57. The fraction of sp³-hybridized carbons (Fsp3) is 0.500. The van der Waals surface area contributed by atoms with Crippen LogP contribution in [0.5, 0.6) is 0 Å². The SMILES string of the molecule is Cc1nc2ncc(-c3ccn4nc(N[C@H]5C[C@@H](N(C)C)C5)ncc34)cc2n1C1CCOCC1. The molecule has 9 heteroatoms. The summed E-state index contributed by atoms with van der Waals surface area (Å²) < 4.78 is 9.81. The Kier molecular flexibility index (Phi) is 5.03. The Morgan fingerprint density at radius 3 is 2.70 bits per heavy atom. The van der Waals surface area contributed by atoms with Crippen LogP contribution in [0.3, 0.4) is 0 Å². The lowest BCUT2D eigenvalue weighted by molar-refractivity contribution is 0.0701. The Morgan fingerprint density at radius 1 is 1.09 bits per heavy atom. The molecule has 1 aliphatic carbocycles. The van der Waals surface area contributed by atoms with E-state index in [1.54, 1.807) is 0 Å². The Bertz CT molecular complexity index is 1300. The van der Waals surface area contributed by atoms with E-state index >= 15 is 0 Å². The van der Waals surface area contributed by atoms with Gasteiger partial charge in [0.2, 0.25) is 5.95 Å². The summed E-state index contributed by atoms with van der Waals surface area (Å²) in [6, 6.07) is 5.77. The van der Waals surface area contributed by atoms with E-state index in [1.807, 2.05) is 23.1 Å². The van der Waals surface area contributed by atoms with E-state index in [0.717, 1.165) is 72.5 Å². The first kappa shape index (κ1) is 20.6. The quantitative estimate of drug-likeness (QED) is 0.503. The van der Waals surface area contributed by atoms with Crippen LogP contribution in [0.25, 0.3) is 27.8 Å². The second-order valence-corrected chi connectivity index (χ2v) is 9.51. The van der Waals surface area contributed by atoms with Gasteiger partial charge in [-0.25, -0.2) is 19.5 Å². The predicted molar refractivity (Wildman–Crippen MR) is 127 cm³/mol. The molecule has 6 rings (SSSR count). The van der Waals surface area contributed by atoms with Crippen molar-refractivity contribution in [1.29, 1.82) is 0 Å². The molecule has 0 radical (unpaired) electrons. The maximum Gasteiger partial charge on any atom is 0.241 e. The summed E-state index contributed by atoms with van der Waals surface area (Å²) in [5, 5.41) is 8.17. The number of nitrogens with one attached hydrogen (secondary N) is 1.